The first kappa shape index (κ1) is 18.1. The van der Waals surface area contributed by atoms with Gasteiger partial charge in [-0.3, -0.25) is 4.79 Å². The maximum Gasteiger partial charge on any atom is 0.254 e. The summed E-state index contributed by atoms with van der Waals surface area (Å²) in [4.78, 5) is 16.6. The molecule has 27 heavy (non-hydrogen) atoms. The number of carbonyl (C=O) groups is 1. The van der Waals surface area contributed by atoms with Crippen LogP contribution in [-0.4, -0.2) is 69.5 Å². The van der Waals surface area contributed by atoms with E-state index in [1.165, 1.54) is 4.80 Å². The molecule has 2 aromatic rings. The van der Waals surface area contributed by atoms with Crippen molar-refractivity contribution in [3.8, 4) is 11.4 Å². The fourth-order valence-corrected chi connectivity index (χ4v) is 4.45. The maximum atomic E-state index is 13.2. The van der Waals surface area contributed by atoms with Gasteiger partial charge in [0.25, 0.3) is 5.91 Å². The number of carbonyl (C=O) groups excluding carboxylic acids is 1. The number of methoxy groups -OCH3 is 2. The molecule has 1 aromatic carbocycles. The highest BCUT2D eigenvalue weighted by Gasteiger charge is 2.52. The molecular weight excluding hydrogens is 346 g/mol. The summed E-state index contributed by atoms with van der Waals surface area (Å²) < 4.78 is 11.5. The summed E-state index contributed by atoms with van der Waals surface area (Å²) in [5.41, 5.74) is 1.26. The summed E-state index contributed by atoms with van der Waals surface area (Å²) >= 11 is 0. The standard InChI is InChI=1S/C19H25N5O3/c1-23-21-17(20-22-23)13-4-6-14(7-5-13)18(25)24-11-10-19(27-3)9-8-15(26-2)12-16(19)24/h4-7,15-16H,8-12H2,1-3H3/t15-,16+,19-/m1/s1. The molecule has 3 atom stereocenters. The van der Waals surface area contributed by atoms with Crippen LogP contribution < -0.4 is 0 Å². The fraction of sp³-hybridized carbons (Fsp3) is 0.579. The van der Waals surface area contributed by atoms with Crippen molar-refractivity contribution in [2.45, 2.75) is 43.4 Å². The number of nitrogens with zero attached hydrogens (tertiary/aromatic N) is 5. The number of tetrazole rings is 1. The highest BCUT2D eigenvalue weighted by atomic mass is 16.5. The molecule has 2 aliphatic rings. The van der Waals surface area contributed by atoms with Crippen LogP contribution in [0.15, 0.2) is 24.3 Å². The highest BCUT2D eigenvalue weighted by molar-refractivity contribution is 5.95. The molecule has 1 amide bonds. The zero-order valence-corrected chi connectivity index (χ0v) is 16.0. The minimum atomic E-state index is -0.242. The molecule has 4 rings (SSSR count). The Balaban J connectivity index is 1.55. The molecule has 0 spiro atoms. The Morgan fingerprint density at radius 1 is 1.22 bits per heavy atom. The van der Waals surface area contributed by atoms with Gasteiger partial charge in [0.15, 0.2) is 0 Å². The summed E-state index contributed by atoms with van der Waals surface area (Å²) in [6.45, 7) is 0.710. The van der Waals surface area contributed by atoms with E-state index < -0.39 is 0 Å². The normalized spacial score (nSPS) is 27.6. The molecule has 0 unspecified atom stereocenters. The monoisotopic (exact) mass is 371 g/mol. The third kappa shape index (κ3) is 3.12. The molecule has 1 saturated heterocycles. The van der Waals surface area contributed by atoms with Crippen LogP contribution in [-0.2, 0) is 16.5 Å². The summed E-state index contributed by atoms with van der Waals surface area (Å²) in [7, 11) is 5.23. The Labute approximate surface area is 158 Å². The predicted molar refractivity (Wildman–Crippen MR) is 98.1 cm³/mol. The van der Waals surface area contributed by atoms with Crippen molar-refractivity contribution in [1.29, 1.82) is 0 Å². The number of rotatable bonds is 4. The minimum Gasteiger partial charge on any atom is -0.381 e. The van der Waals surface area contributed by atoms with Gasteiger partial charge in [-0.05, 0) is 43.0 Å². The largest absolute Gasteiger partial charge is 0.381 e. The second-order valence-corrected chi connectivity index (χ2v) is 7.35. The Morgan fingerprint density at radius 2 is 2.00 bits per heavy atom. The summed E-state index contributed by atoms with van der Waals surface area (Å²) in [5.74, 6) is 0.584. The Kier molecular flexibility index (Phi) is 4.69. The quantitative estimate of drug-likeness (QED) is 0.813. The highest BCUT2D eigenvalue weighted by Crippen LogP contribution is 2.43. The number of aromatic nitrogens is 4. The van der Waals surface area contributed by atoms with Gasteiger partial charge in [0.05, 0.1) is 24.8 Å². The third-order valence-corrected chi connectivity index (χ3v) is 6.03. The van der Waals surface area contributed by atoms with E-state index in [1.807, 2.05) is 29.2 Å². The van der Waals surface area contributed by atoms with Crippen molar-refractivity contribution < 1.29 is 14.3 Å². The molecule has 0 bridgehead atoms. The van der Waals surface area contributed by atoms with Crippen LogP contribution in [0.3, 0.4) is 0 Å². The van der Waals surface area contributed by atoms with Gasteiger partial charge in [0.2, 0.25) is 5.82 Å². The number of ether oxygens (including phenoxy) is 2. The first-order valence-corrected chi connectivity index (χ1v) is 9.29. The number of likely N-dealkylation sites (tertiary alicyclic amines) is 1. The third-order valence-electron chi connectivity index (χ3n) is 6.03. The van der Waals surface area contributed by atoms with Gasteiger partial charge >= 0.3 is 0 Å². The second kappa shape index (κ2) is 7.01. The average molecular weight is 371 g/mol. The van der Waals surface area contributed by atoms with Gasteiger partial charge in [0.1, 0.15) is 0 Å². The second-order valence-electron chi connectivity index (χ2n) is 7.35. The van der Waals surface area contributed by atoms with E-state index in [0.717, 1.165) is 31.2 Å². The molecule has 1 aliphatic heterocycles. The SMILES string of the molecule is CO[C@@H]1CC[C@@]2(OC)CCN(C(=O)c3ccc(-c4nnn(C)n4)cc3)[C@H]2C1. The van der Waals surface area contributed by atoms with E-state index in [2.05, 4.69) is 15.4 Å². The van der Waals surface area contributed by atoms with Gasteiger partial charge in [0, 0.05) is 31.9 Å². The molecule has 0 N–H and O–H groups in total. The van der Waals surface area contributed by atoms with E-state index in [1.54, 1.807) is 21.3 Å². The van der Waals surface area contributed by atoms with Crippen molar-refractivity contribution >= 4 is 5.91 Å². The summed E-state index contributed by atoms with van der Waals surface area (Å²) in [6.07, 6.45) is 3.77. The van der Waals surface area contributed by atoms with Crippen LogP contribution in [0.4, 0.5) is 0 Å². The lowest BCUT2D eigenvalue weighted by Gasteiger charge is -2.43. The number of amides is 1. The molecule has 0 radical (unpaired) electrons. The molecule has 1 aromatic heterocycles. The minimum absolute atomic E-state index is 0.0364. The number of hydrogen-bond donors (Lipinski definition) is 0. The van der Waals surface area contributed by atoms with Crippen LogP contribution in [0, 0.1) is 0 Å². The lowest BCUT2D eigenvalue weighted by Crippen LogP contribution is -2.53. The van der Waals surface area contributed by atoms with Crippen molar-refractivity contribution in [2.24, 2.45) is 7.05 Å². The zero-order chi connectivity index (χ0) is 19.0. The topological polar surface area (TPSA) is 82.4 Å². The molecular formula is C19H25N5O3. The van der Waals surface area contributed by atoms with Crippen LogP contribution in [0.25, 0.3) is 11.4 Å². The van der Waals surface area contributed by atoms with E-state index in [9.17, 15) is 4.79 Å². The van der Waals surface area contributed by atoms with Gasteiger partial charge in [-0.25, -0.2) is 0 Å². The van der Waals surface area contributed by atoms with E-state index in [4.69, 9.17) is 9.47 Å². The molecule has 2 heterocycles. The molecule has 144 valence electrons. The fourth-order valence-electron chi connectivity index (χ4n) is 4.45. The van der Waals surface area contributed by atoms with E-state index in [0.29, 0.717) is 17.9 Å². The lowest BCUT2D eigenvalue weighted by atomic mass is 9.79. The van der Waals surface area contributed by atoms with Gasteiger partial charge in [-0.1, -0.05) is 12.1 Å². The zero-order valence-electron chi connectivity index (χ0n) is 16.0. The summed E-state index contributed by atoms with van der Waals surface area (Å²) in [6, 6.07) is 7.44. The summed E-state index contributed by atoms with van der Waals surface area (Å²) in [5, 5.41) is 12.0. The van der Waals surface area contributed by atoms with E-state index >= 15 is 0 Å². The molecule has 2 fully saturated rings. The number of hydrogen-bond acceptors (Lipinski definition) is 6. The van der Waals surface area contributed by atoms with Crippen LogP contribution in [0.5, 0.6) is 0 Å². The van der Waals surface area contributed by atoms with Crippen molar-refractivity contribution in [1.82, 2.24) is 25.1 Å². The Morgan fingerprint density at radius 3 is 2.63 bits per heavy atom. The maximum absolute atomic E-state index is 13.2. The average Bonchev–Trinajstić information content (AvgIpc) is 3.31. The number of fused-ring (bicyclic) bond motifs is 1. The lowest BCUT2D eigenvalue weighted by molar-refractivity contribution is -0.0893. The van der Waals surface area contributed by atoms with Crippen LogP contribution in [0.2, 0.25) is 0 Å². The Bertz CT molecular complexity index is 821. The molecule has 8 heteroatoms. The van der Waals surface area contributed by atoms with Gasteiger partial charge in [-0.15, -0.1) is 10.2 Å². The van der Waals surface area contributed by atoms with Gasteiger partial charge < -0.3 is 14.4 Å². The first-order chi connectivity index (χ1) is 13.1. The molecule has 1 saturated carbocycles. The van der Waals surface area contributed by atoms with Crippen LogP contribution in [0.1, 0.15) is 36.0 Å². The molecule has 8 nitrogen and oxygen atoms in total. The number of benzene rings is 1. The smallest absolute Gasteiger partial charge is 0.254 e. The first-order valence-electron chi connectivity index (χ1n) is 9.29. The van der Waals surface area contributed by atoms with Crippen LogP contribution >= 0.6 is 0 Å². The van der Waals surface area contributed by atoms with Crippen molar-refractivity contribution in [3.05, 3.63) is 29.8 Å². The van der Waals surface area contributed by atoms with E-state index in [-0.39, 0.29) is 23.7 Å². The van der Waals surface area contributed by atoms with Gasteiger partial charge in [-0.2, -0.15) is 4.80 Å². The Hall–Kier alpha value is -2.32. The van der Waals surface area contributed by atoms with Crippen molar-refractivity contribution in [3.63, 3.8) is 0 Å². The molecule has 1 aliphatic carbocycles. The van der Waals surface area contributed by atoms with Crippen molar-refractivity contribution in [2.75, 3.05) is 20.8 Å². The number of aryl methyl sites for hydroxylation is 1. The predicted octanol–water partition coefficient (Wildman–Crippen LogP) is 1.68.